The van der Waals surface area contributed by atoms with Crippen molar-refractivity contribution >= 4 is 10.8 Å². The van der Waals surface area contributed by atoms with Crippen molar-refractivity contribution in [3.63, 3.8) is 0 Å². The van der Waals surface area contributed by atoms with Crippen molar-refractivity contribution in [2.45, 2.75) is 13.8 Å². The van der Waals surface area contributed by atoms with Gasteiger partial charge in [0.2, 0.25) is 0 Å². The maximum atomic E-state index is 13.1. The van der Waals surface area contributed by atoms with Crippen LogP contribution in [0.3, 0.4) is 0 Å². The van der Waals surface area contributed by atoms with E-state index in [4.69, 9.17) is 4.74 Å². The highest BCUT2D eigenvalue weighted by Gasteiger charge is 2.18. The first-order valence-corrected chi connectivity index (χ1v) is 8.41. The zero-order valence-electron chi connectivity index (χ0n) is 14.9. The van der Waals surface area contributed by atoms with Crippen LogP contribution in [0.2, 0.25) is 0 Å². The van der Waals surface area contributed by atoms with Gasteiger partial charge in [0.25, 0.3) is 5.56 Å². The molecule has 0 atom stereocenters. The van der Waals surface area contributed by atoms with Gasteiger partial charge >= 0.3 is 0 Å². The van der Waals surface area contributed by atoms with Crippen molar-refractivity contribution in [3.8, 4) is 17.1 Å². The van der Waals surface area contributed by atoms with E-state index in [0.29, 0.717) is 5.39 Å². The Morgan fingerprint density at radius 2 is 1.65 bits per heavy atom. The van der Waals surface area contributed by atoms with Crippen molar-refractivity contribution in [3.05, 3.63) is 82.5 Å². The van der Waals surface area contributed by atoms with Crippen LogP contribution < -0.4 is 10.3 Å². The molecule has 0 fully saturated rings. The van der Waals surface area contributed by atoms with E-state index in [-0.39, 0.29) is 5.56 Å². The Bertz CT molecular complexity index is 1160. The van der Waals surface area contributed by atoms with E-state index in [2.05, 4.69) is 9.67 Å². The van der Waals surface area contributed by atoms with E-state index < -0.39 is 0 Å². The molecule has 0 unspecified atom stereocenters. The summed E-state index contributed by atoms with van der Waals surface area (Å²) in [7, 11) is 1.65. The molecular weight excluding hydrogens is 326 g/mol. The van der Waals surface area contributed by atoms with Crippen LogP contribution in [0.15, 0.2) is 65.6 Å². The quantitative estimate of drug-likeness (QED) is 0.567. The molecule has 26 heavy (non-hydrogen) atoms. The Labute approximate surface area is 151 Å². The summed E-state index contributed by atoms with van der Waals surface area (Å²) in [6.07, 6.45) is 1.77. The molecule has 5 nitrogen and oxygen atoms in total. The third-order valence-corrected chi connectivity index (χ3v) is 4.71. The summed E-state index contributed by atoms with van der Waals surface area (Å²) in [4.78, 5) is 13.1. The molecule has 0 aliphatic heterocycles. The molecular formula is C21H19N3O2. The molecule has 2 heterocycles. The van der Waals surface area contributed by atoms with Crippen LogP contribution >= 0.6 is 0 Å². The molecule has 0 N–H and O–H groups in total. The highest BCUT2D eigenvalue weighted by Crippen LogP contribution is 2.27. The number of ether oxygens (including phenoxy) is 1. The van der Waals surface area contributed by atoms with Gasteiger partial charge in [0.1, 0.15) is 5.75 Å². The van der Waals surface area contributed by atoms with E-state index in [1.807, 2.05) is 68.4 Å². The molecule has 0 saturated carbocycles. The Hall–Kier alpha value is -3.34. The second-order valence-electron chi connectivity index (χ2n) is 6.19. The van der Waals surface area contributed by atoms with Gasteiger partial charge in [-0.2, -0.15) is 9.78 Å². The van der Waals surface area contributed by atoms with Gasteiger partial charge in [0, 0.05) is 28.5 Å². The van der Waals surface area contributed by atoms with Gasteiger partial charge in [-0.25, -0.2) is 0 Å². The number of hydrogen-bond donors (Lipinski definition) is 0. The van der Waals surface area contributed by atoms with E-state index >= 15 is 0 Å². The maximum Gasteiger partial charge on any atom is 0.281 e. The minimum atomic E-state index is -0.115. The molecule has 2 aromatic heterocycles. The van der Waals surface area contributed by atoms with Crippen molar-refractivity contribution in [1.82, 2.24) is 14.3 Å². The highest BCUT2D eigenvalue weighted by molar-refractivity contribution is 5.88. The van der Waals surface area contributed by atoms with E-state index in [0.717, 1.165) is 33.9 Å². The summed E-state index contributed by atoms with van der Waals surface area (Å²) in [6.45, 7) is 3.97. The van der Waals surface area contributed by atoms with Crippen LogP contribution in [0.25, 0.3) is 22.1 Å². The Morgan fingerprint density at radius 3 is 2.38 bits per heavy atom. The second-order valence-corrected chi connectivity index (χ2v) is 6.19. The summed E-state index contributed by atoms with van der Waals surface area (Å²) in [6, 6.07) is 17.3. The fourth-order valence-corrected chi connectivity index (χ4v) is 3.45. The van der Waals surface area contributed by atoms with Gasteiger partial charge in [-0.15, -0.1) is 0 Å². The number of aromatic nitrogens is 3. The summed E-state index contributed by atoms with van der Waals surface area (Å²) in [5, 5.41) is 5.93. The Morgan fingerprint density at radius 1 is 0.923 bits per heavy atom. The molecule has 0 amide bonds. The average molecular weight is 345 g/mol. The second kappa shape index (κ2) is 6.19. The lowest BCUT2D eigenvalue weighted by atomic mass is 10.2. The summed E-state index contributed by atoms with van der Waals surface area (Å²) < 4.78 is 8.86. The van der Waals surface area contributed by atoms with Crippen molar-refractivity contribution in [1.29, 1.82) is 0 Å². The number of hydrogen-bond acceptors (Lipinski definition) is 3. The highest BCUT2D eigenvalue weighted by atomic mass is 16.5. The first-order valence-electron chi connectivity index (χ1n) is 8.41. The normalized spacial score (nSPS) is 11.0. The number of benzene rings is 2. The molecule has 0 spiro atoms. The Kier molecular flexibility index (Phi) is 3.84. The molecule has 0 radical (unpaired) electrons. The molecule has 4 aromatic rings. The van der Waals surface area contributed by atoms with Crippen LogP contribution in [0, 0.1) is 13.8 Å². The minimum absolute atomic E-state index is 0.115. The number of fused-ring (bicyclic) bond motifs is 1. The van der Waals surface area contributed by atoms with Gasteiger partial charge in [-0.05, 0) is 38.1 Å². The fraction of sp³-hybridized carbons (Fsp3) is 0.143. The van der Waals surface area contributed by atoms with Crippen LogP contribution in [-0.2, 0) is 0 Å². The van der Waals surface area contributed by atoms with Gasteiger partial charge < -0.3 is 9.30 Å². The van der Waals surface area contributed by atoms with Crippen LogP contribution in [0.5, 0.6) is 5.75 Å². The monoisotopic (exact) mass is 345 g/mol. The lowest BCUT2D eigenvalue weighted by Gasteiger charge is -2.10. The van der Waals surface area contributed by atoms with Crippen molar-refractivity contribution in [2.75, 3.05) is 7.11 Å². The number of methoxy groups -OCH3 is 1. The van der Waals surface area contributed by atoms with Crippen molar-refractivity contribution in [2.24, 2.45) is 0 Å². The number of para-hydroxylation sites is 1. The van der Waals surface area contributed by atoms with Crippen molar-refractivity contribution < 1.29 is 4.74 Å². The fourth-order valence-electron chi connectivity index (χ4n) is 3.45. The predicted octanol–water partition coefficient (Wildman–Crippen LogP) is 3.80. The topological polar surface area (TPSA) is 49.0 Å². The molecule has 0 aliphatic carbocycles. The first-order chi connectivity index (χ1) is 12.6. The Balaban J connectivity index is 2.00. The largest absolute Gasteiger partial charge is 0.497 e. The molecule has 2 aromatic carbocycles. The van der Waals surface area contributed by atoms with Gasteiger partial charge in [-0.1, -0.05) is 24.3 Å². The minimum Gasteiger partial charge on any atom is -0.497 e. The predicted molar refractivity (Wildman–Crippen MR) is 103 cm³/mol. The summed E-state index contributed by atoms with van der Waals surface area (Å²) in [5.41, 5.74) is 3.47. The van der Waals surface area contributed by atoms with E-state index in [1.54, 1.807) is 13.3 Å². The zero-order chi connectivity index (χ0) is 18.3. The number of nitrogens with zero attached hydrogens (tertiary/aromatic N) is 3. The zero-order valence-corrected chi connectivity index (χ0v) is 14.9. The van der Waals surface area contributed by atoms with Gasteiger partial charge in [-0.3, -0.25) is 4.79 Å². The van der Waals surface area contributed by atoms with Crippen LogP contribution in [0.1, 0.15) is 11.4 Å². The van der Waals surface area contributed by atoms with Crippen LogP contribution in [-0.4, -0.2) is 21.5 Å². The third-order valence-electron chi connectivity index (χ3n) is 4.71. The van der Waals surface area contributed by atoms with Gasteiger partial charge in [0.05, 0.1) is 24.4 Å². The molecule has 130 valence electrons. The molecule has 4 rings (SSSR count). The van der Waals surface area contributed by atoms with E-state index in [9.17, 15) is 4.79 Å². The molecule has 0 aliphatic rings. The molecule has 0 bridgehead atoms. The van der Waals surface area contributed by atoms with E-state index in [1.165, 1.54) is 4.68 Å². The standard InChI is InChI=1S/C21H19N3O2/c1-14-19-13-22-24(16-8-5-4-6-9-16)21(25)20(19)15(2)23(14)17-10-7-11-18(12-17)26-3/h4-13H,1-3H3. The SMILES string of the molecule is COc1cccc(-n2c(C)c3cnn(-c4ccccc4)c(=O)c3c2C)c1. The summed E-state index contributed by atoms with van der Waals surface area (Å²) >= 11 is 0. The number of aryl methyl sites for hydroxylation is 2. The third kappa shape index (κ3) is 2.40. The number of rotatable bonds is 3. The maximum absolute atomic E-state index is 13.1. The lowest BCUT2D eigenvalue weighted by Crippen LogP contribution is -2.20. The first kappa shape index (κ1) is 16.1. The lowest BCUT2D eigenvalue weighted by molar-refractivity contribution is 0.414. The summed E-state index contributed by atoms with van der Waals surface area (Å²) in [5.74, 6) is 0.777. The molecule has 5 heteroatoms. The van der Waals surface area contributed by atoms with Gasteiger partial charge in [0.15, 0.2) is 0 Å². The average Bonchev–Trinajstić information content (AvgIpc) is 2.94. The molecule has 0 saturated heterocycles. The smallest absolute Gasteiger partial charge is 0.281 e. The van der Waals surface area contributed by atoms with Crippen LogP contribution in [0.4, 0.5) is 0 Å².